The summed E-state index contributed by atoms with van der Waals surface area (Å²) in [4.78, 5) is 23.2. The van der Waals surface area contributed by atoms with Crippen molar-refractivity contribution in [1.82, 2.24) is 10.6 Å². The number of hydrogen-bond donors (Lipinski definition) is 4. The minimum Gasteiger partial charge on any atom is -0.480 e. The number of nitrogens with two attached hydrogens (primary N) is 1. The lowest BCUT2D eigenvalue weighted by molar-refractivity contribution is -0.140. The van der Waals surface area contributed by atoms with E-state index in [0.29, 0.717) is 25.8 Å². The van der Waals surface area contributed by atoms with Crippen molar-refractivity contribution in [3.05, 3.63) is 29.8 Å². The lowest BCUT2D eigenvalue weighted by Gasteiger charge is -2.19. The van der Waals surface area contributed by atoms with Gasteiger partial charge >= 0.3 is 5.97 Å². The summed E-state index contributed by atoms with van der Waals surface area (Å²) in [5.41, 5.74) is 0.850. The van der Waals surface area contributed by atoms with Crippen LogP contribution in [-0.2, 0) is 26.0 Å². The zero-order chi connectivity index (χ0) is 19.0. The molecule has 0 bridgehead atoms. The number of amides is 1. The van der Waals surface area contributed by atoms with Crippen molar-refractivity contribution in [2.75, 3.05) is 6.54 Å². The second-order valence-corrected chi connectivity index (χ2v) is 7.36. The largest absolute Gasteiger partial charge is 0.480 e. The molecule has 2 unspecified atom stereocenters. The highest BCUT2D eigenvalue weighted by atomic mass is 35.5. The fourth-order valence-corrected chi connectivity index (χ4v) is 2.79. The van der Waals surface area contributed by atoms with Crippen molar-refractivity contribution in [2.24, 2.45) is 5.14 Å². The van der Waals surface area contributed by atoms with Gasteiger partial charge in [-0.3, -0.25) is 14.9 Å². The summed E-state index contributed by atoms with van der Waals surface area (Å²) in [6.45, 7) is 3.84. The van der Waals surface area contributed by atoms with Gasteiger partial charge in [-0.15, -0.1) is 12.4 Å². The molecule has 10 heteroatoms. The monoisotopic (exact) mass is 407 g/mol. The van der Waals surface area contributed by atoms with Crippen LogP contribution < -0.4 is 15.8 Å². The van der Waals surface area contributed by atoms with Crippen LogP contribution in [0.2, 0.25) is 0 Å². The minimum absolute atomic E-state index is 0. The van der Waals surface area contributed by atoms with Crippen LogP contribution in [0.1, 0.15) is 32.3 Å². The molecule has 0 aliphatic rings. The van der Waals surface area contributed by atoms with Gasteiger partial charge in [-0.05, 0) is 37.5 Å². The third-order valence-electron chi connectivity index (χ3n) is 3.68. The Morgan fingerprint density at radius 1 is 1.23 bits per heavy atom. The predicted molar refractivity (Wildman–Crippen MR) is 101 cm³/mol. The molecule has 0 heterocycles. The molecule has 0 radical (unpaired) electrons. The highest BCUT2D eigenvalue weighted by Crippen LogP contribution is 2.09. The highest BCUT2D eigenvalue weighted by molar-refractivity contribution is 7.89. The molecular formula is C16H26ClN3O5S. The third-order valence-corrected chi connectivity index (χ3v) is 4.61. The molecule has 1 aromatic carbocycles. The molecule has 8 nitrogen and oxygen atoms in total. The van der Waals surface area contributed by atoms with Crippen LogP contribution in [0.25, 0.3) is 0 Å². The maximum Gasteiger partial charge on any atom is 0.320 e. The molecule has 0 aliphatic carbocycles. The smallest absolute Gasteiger partial charge is 0.320 e. The van der Waals surface area contributed by atoms with Crippen LogP contribution in [0, 0.1) is 0 Å². The molecule has 26 heavy (non-hydrogen) atoms. The Kier molecular flexibility index (Phi) is 10.4. The first kappa shape index (κ1) is 24.3. The van der Waals surface area contributed by atoms with Gasteiger partial charge in [0.2, 0.25) is 15.9 Å². The van der Waals surface area contributed by atoms with Crippen molar-refractivity contribution in [3.63, 3.8) is 0 Å². The van der Waals surface area contributed by atoms with Gasteiger partial charge in [0, 0.05) is 6.54 Å². The predicted octanol–water partition coefficient (Wildman–Crippen LogP) is 0.646. The van der Waals surface area contributed by atoms with Gasteiger partial charge in [-0.2, -0.15) is 0 Å². The number of hydrogen-bond acceptors (Lipinski definition) is 5. The van der Waals surface area contributed by atoms with E-state index in [1.54, 1.807) is 19.1 Å². The summed E-state index contributed by atoms with van der Waals surface area (Å²) in [5, 5.41) is 19.6. The number of carboxylic acids is 1. The molecule has 1 aromatic rings. The topological polar surface area (TPSA) is 139 Å². The van der Waals surface area contributed by atoms with Gasteiger partial charge in [0.15, 0.2) is 0 Å². The Morgan fingerprint density at radius 2 is 1.81 bits per heavy atom. The van der Waals surface area contributed by atoms with Crippen LogP contribution in [0.3, 0.4) is 0 Å². The van der Waals surface area contributed by atoms with Gasteiger partial charge in [-0.1, -0.05) is 25.5 Å². The first-order valence-corrected chi connectivity index (χ1v) is 9.58. The van der Waals surface area contributed by atoms with E-state index in [2.05, 4.69) is 10.6 Å². The van der Waals surface area contributed by atoms with E-state index >= 15 is 0 Å². The molecule has 148 valence electrons. The quantitative estimate of drug-likeness (QED) is 0.449. The molecular weight excluding hydrogens is 382 g/mol. The van der Waals surface area contributed by atoms with Crippen LogP contribution in [0.15, 0.2) is 29.2 Å². The molecule has 0 aromatic heterocycles. The number of carbonyl (C=O) groups is 2. The molecule has 5 N–H and O–H groups in total. The average molecular weight is 408 g/mol. The number of halogens is 1. The van der Waals surface area contributed by atoms with Crippen LogP contribution in [0.5, 0.6) is 0 Å². The van der Waals surface area contributed by atoms with Crippen LogP contribution in [-0.4, -0.2) is 44.0 Å². The van der Waals surface area contributed by atoms with Gasteiger partial charge in [0.05, 0.1) is 10.9 Å². The van der Waals surface area contributed by atoms with Crippen molar-refractivity contribution in [3.8, 4) is 0 Å². The number of benzene rings is 1. The highest BCUT2D eigenvalue weighted by Gasteiger charge is 2.21. The second kappa shape index (κ2) is 11.1. The van der Waals surface area contributed by atoms with Gasteiger partial charge in [0.25, 0.3) is 0 Å². The number of carbonyl (C=O) groups excluding carboxylic acids is 1. The summed E-state index contributed by atoms with van der Waals surface area (Å²) in [6.07, 6.45) is 1.66. The summed E-state index contributed by atoms with van der Waals surface area (Å²) in [7, 11) is -3.71. The summed E-state index contributed by atoms with van der Waals surface area (Å²) in [6, 6.07) is 4.72. The molecule has 0 spiro atoms. The van der Waals surface area contributed by atoms with Crippen molar-refractivity contribution < 1.29 is 23.1 Å². The average Bonchev–Trinajstić information content (AvgIpc) is 2.53. The number of primary sulfonamides is 1. The van der Waals surface area contributed by atoms with Crippen molar-refractivity contribution in [2.45, 2.75) is 50.1 Å². The SMILES string of the molecule is CCCC(NC(C)C(=O)NCCc1ccc(S(N)(=O)=O)cc1)C(=O)O.Cl. The lowest BCUT2D eigenvalue weighted by Crippen LogP contribution is -2.49. The van der Waals surface area contributed by atoms with Crippen molar-refractivity contribution in [1.29, 1.82) is 0 Å². The number of aliphatic carboxylic acids is 1. The molecule has 0 aliphatic heterocycles. The van der Waals surface area contributed by atoms with E-state index in [-0.39, 0.29) is 23.2 Å². The van der Waals surface area contributed by atoms with E-state index in [1.165, 1.54) is 12.1 Å². The fraction of sp³-hybridized carbons (Fsp3) is 0.500. The first-order chi connectivity index (χ1) is 11.6. The lowest BCUT2D eigenvalue weighted by atomic mass is 10.1. The minimum atomic E-state index is -3.71. The van der Waals surface area contributed by atoms with E-state index in [9.17, 15) is 18.0 Å². The molecule has 0 saturated carbocycles. The zero-order valence-electron chi connectivity index (χ0n) is 14.8. The first-order valence-electron chi connectivity index (χ1n) is 8.03. The number of sulfonamides is 1. The maximum absolute atomic E-state index is 12.0. The third kappa shape index (κ3) is 8.13. The van der Waals surface area contributed by atoms with Crippen molar-refractivity contribution >= 4 is 34.3 Å². The maximum atomic E-state index is 12.0. The van der Waals surface area contributed by atoms with E-state index in [1.807, 2.05) is 6.92 Å². The van der Waals surface area contributed by atoms with E-state index in [4.69, 9.17) is 10.2 Å². The van der Waals surface area contributed by atoms with Gasteiger partial charge < -0.3 is 10.4 Å². The standard InChI is InChI=1S/C16H25N3O5S.ClH/c1-3-4-14(16(21)22)19-11(2)15(20)18-10-9-12-5-7-13(8-6-12)25(17,23)24;/h5-8,11,14,19H,3-4,9-10H2,1-2H3,(H,18,20)(H,21,22)(H2,17,23,24);1H. The molecule has 1 amide bonds. The number of carboxylic acid groups (broad SMARTS) is 1. The Balaban J connectivity index is 0.00000625. The molecule has 1 rings (SSSR count). The number of nitrogens with one attached hydrogen (secondary N) is 2. The second-order valence-electron chi connectivity index (χ2n) is 5.80. The Bertz CT molecular complexity index is 694. The summed E-state index contributed by atoms with van der Waals surface area (Å²) < 4.78 is 22.4. The Hall–Kier alpha value is -1.68. The van der Waals surface area contributed by atoms with E-state index in [0.717, 1.165) is 5.56 Å². The zero-order valence-corrected chi connectivity index (χ0v) is 16.4. The Morgan fingerprint density at radius 3 is 2.27 bits per heavy atom. The van der Waals surface area contributed by atoms with Crippen LogP contribution >= 0.6 is 12.4 Å². The summed E-state index contributed by atoms with van der Waals surface area (Å²) in [5.74, 6) is -1.26. The summed E-state index contributed by atoms with van der Waals surface area (Å²) >= 11 is 0. The molecule has 2 atom stereocenters. The molecule has 0 saturated heterocycles. The van der Waals surface area contributed by atoms with E-state index < -0.39 is 28.1 Å². The Labute approximate surface area is 160 Å². The fourth-order valence-electron chi connectivity index (χ4n) is 2.27. The molecule has 0 fully saturated rings. The van der Waals surface area contributed by atoms with Gasteiger partial charge in [0.1, 0.15) is 6.04 Å². The number of rotatable bonds is 10. The normalized spacial score (nSPS) is 13.3. The van der Waals surface area contributed by atoms with Crippen LogP contribution in [0.4, 0.5) is 0 Å². The van der Waals surface area contributed by atoms with Gasteiger partial charge in [-0.25, -0.2) is 13.6 Å².